The van der Waals surface area contributed by atoms with Crippen LogP contribution in [-0.2, 0) is 4.74 Å². The summed E-state index contributed by atoms with van der Waals surface area (Å²) in [6.07, 6.45) is 14.9. The van der Waals surface area contributed by atoms with E-state index in [1.165, 1.54) is 12.8 Å². The molecule has 0 saturated heterocycles. The van der Waals surface area contributed by atoms with Gasteiger partial charge >= 0.3 is 0 Å². The second-order valence-electron chi connectivity index (χ2n) is 2.13. The summed E-state index contributed by atoms with van der Waals surface area (Å²) >= 11 is 0. The van der Waals surface area contributed by atoms with E-state index in [4.69, 9.17) is 11.2 Å². The van der Waals surface area contributed by atoms with E-state index in [1.807, 2.05) is 6.08 Å². The highest BCUT2D eigenvalue weighted by atomic mass is 16.5. The highest BCUT2D eigenvalue weighted by Crippen LogP contribution is 2.12. The molecule has 0 saturated carbocycles. The molecule has 0 N–H and O–H groups in total. The molecular weight excluding hydrogens is 112 g/mol. The van der Waals surface area contributed by atoms with Gasteiger partial charge in [0.25, 0.3) is 0 Å². The topological polar surface area (TPSA) is 9.23 Å². The van der Waals surface area contributed by atoms with Crippen molar-refractivity contribution in [2.24, 2.45) is 0 Å². The minimum atomic E-state index is 0.184. The van der Waals surface area contributed by atoms with E-state index in [9.17, 15) is 0 Å². The fraction of sp³-hybridized carbons (Fsp3) is 0.500. The van der Waals surface area contributed by atoms with Crippen LogP contribution in [0.5, 0.6) is 0 Å². The Bertz CT molecular complexity index is 141. The smallest absolute Gasteiger partial charge is 0.129 e. The van der Waals surface area contributed by atoms with Crippen LogP contribution in [0.2, 0.25) is 0 Å². The first-order valence-electron chi connectivity index (χ1n) is 3.21. The molecule has 1 nitrogen and oxygen atoms in total. The average Bonchev–Trinajstić information content (AvgIpc) is 1.91. The van der Waals surface area contributed by atoms with E-state index in [2.05, 4.69) is 12.2 Å². The molecule has 0 aromatic rings. The van der Waals surface area contributed by atoms with Crippen molar-refractivity contribution < 1.29 is 4.74 Å². The van der Waals surface area contributed by atoms with E-state index in [0.717, 1.165) is 6.42 Å². The van der Waals surface area contributed by atoms with Crippen molar-refractivity contribution in [3.63, 3.8) is 0 Å². The predicted molar refractivity (Wildman–Crippen MR) is 36.7 cm³/mol. The molecule has 0 aromatic carbocycles. The fourth-order valence-corrected chi connectivity index (χ4v) is 0.967. The Kier molecular flexibility index (Phi) is 2.21. The Balaban J connectivity index is 2.33. The monoisotopic (exact) mass is 122 g/mol. The van der Waals surface area contributed by atoms with Crippen LogP contribution in [0.3, 0.4) is 0 Å². The molecule has 0 fully saturated rings. The number of ether oxygens (including phenoxy) is 1. The maximum Gasteiger partial charge on any atom is 0.129 e. The molecule has 0 aromatic heterocycles. The minimum Gasteiger partial charge on any atom is -0.439 e. The third-order valence-electron chi connectivity index (χ3n) is 1.43. The molecule has 1 aliphatic carbocycles. The van der Waals surface area contributed by atoms with Crippen LogP contribution in [-0.4, -0.2) is 6.10 Å². The van der Waals surface area contributed by atoms with Gasteiger partial charge in [-0.25, -0.2) is 0 Å². The van der Waals surface area contributed by atoms with Crippen LogP contribution in [0.25, 0.3) is 0 Å². The van der Waals surface area contributed by atoms with Crippen molar-refractivity contribution in [3.05, 3.63) is 12.2 Å². The first-order valence-corrected chi connectivity index (χ1v) is 3.21. The molecule has 0 radical (unpaired) electrons. The lowest BCUT2D eigenvalue weighted by atomic mass is 10.1. The van der Waals surface area contributed by atoms with E-state index in [-0.39, 0.29) is 6.10 Å². The molecule has 1 atom stereocenters. The zero-order chi connectivity index (χ0) is 6.53. The summed E-state index contributed by atoms with van der Waals surface area (Å²) < 4.78 is 4.92. The zero-order valence-corrected chi connectivity index (χ0v) is 5.34. The van der Waals surface area contributed by atoms with Gasteiger partial charge in [-0.3, -0.25) is 0 Å². The number of terminal acetylenes is 1. The van der Waals surface area contributed by atoms with Gasteiger partial charge in [0, 0.05) is 0 Å². The third-order valence-corrected chi connectivity index (χ3v) is 1.43. The molecule has 0 heterocycles. The Hall–Kier alpha value is -0.900. The molecule has 1 aliphatic rings. The van der Waals surface area contributed by atoms with Gasteiger partial charge in [0.1, 0.15) is 12.2 Å². The fourth-order valence-electron chi connectivity index (χ4n) is 0.967. The van der Waals surface area contributed by atoms with Crippen molar-refractivity contribution >= 4 is 0 Å². The molecule has 1 unspecified atom stereocenters. The zero-order valence-electron chi connectivity index (χ0n) is 5.34. The SMILES string of the molecule is C#COC1C=CCCC1. The van der Waals surface area contributed by atoms with Crippen LogP contribution >= 0.6 is 0 Å². The van der Waals surface area contributed by atoms with Gasteiger partial charge < -0.3 is 4.74 Å². The summed E-state index contributed by atoms with van der Waals surface area (Å²) in [6.45, 7) is 0. The van der Waals surface area contributed by atoms with Gasteiger partial charge in [-0.15, -0.1) is 0 Å². The molecule has 0 bridgehead atoms. The molecule has 48 valence electrons. The summed E-state index contributed by atoms with van der Waals surface area (Å²) in [5.41, 5.74) is 0. The van der Waals surface area contributed by atoms with Gasteiger partial charge in [-0.05, 0) is 25.3 Å². The van der Waals surface area contributed by atoms with Crippen molar-refractivity contribution in [1.29, 1.82) is 0 Å². The van der Waals surface area contributed by atoms with E-state index >= 15 is 0 Å². The van der Waals surface area contributed by atoms with Crippen molar-refractivity contribution in [2.45, 2.75) is 25.4 Å². The van der Waals surface area contributed by atoms with E-state index < -0.39 is 0 Å². The predicted octanol–water partition coefficient (Wildman–Crippen LogP) is 1.70. The van der Waals surface area contributed by atoms with Gasteiger partial charge in [0.05, 0.1) is 0 Å². The highest BCUT2D eigenvalue weighted by Gasteiger charge is 2.06. The Labute approximate surface area is 55.7 Å². The third kappa shape index (κ3) is 1.81. The average molecular weight is 122 g/mol. The number of rotatable bonds is 1. The standard InChI is InChI=1S/C8H10O/c1-2-9-8-6-4-3-5-7-8/h1,4,6,8H,3,5,7H2. The Morgan fingerprint density at radius 3 is 3.11 bits per heavy atom. The van der Waals surface area contributed by atoms with Gasteiger partial charge in [0.15, 0.2) is 0 Å². The summed E-state index contributed by atoms with van der Waals surface area (Å²) in [5, 5.41) is 0. The van der Waals surface area contributed by atoms with Crippen LogP contribution in [0.4, 0.5) is 0 Å². The lowest BCUT2D eigenvalue weighted by Gasteiger charge is -2.12. The Morgan fingerprint density at radius 2 is 2.56 bits per heavy atom. The van der Waals surface area contributed by atoms with E-state index in [1.54, 1.807) is 0 Å². The molecule has 0 spiro atoms. The van der Waals surface area contributed by atoms with Crippen molar-refractivity contribution in [2.75, 3.05) is 0 Å². The molecule has 9 heavy (non-hydrogen) atoms. The van der Waals surface area contributed by atoms with Crippen LogP contribution in [0, 0.1) is 12.5 Å². The molecule has 0 amide bonds. The summed E-state index contributed by atoms with van der Waals surface area (Å²) in [7, 11) is 0. The summed E-state index contributed by atoms with van der Waals surface area (Å²) in [6, 6.07) is 0. The molecule has 1 rings (SSSR count). The van der Waals surface area contributed by atoms with Crippen molar-refractivity contribution in [3.8, 4) is 12.5 Å². The van der Waals surface area contributed by atoms with Gasteiger partial charge in [-0.2, -0.15) is 0 Å². The lowest BCUT2D eigenvalue weighted by Crippen LogP contribution is -2.08. The molecule has 1 heteroatoms. The van der Waals surface area contributed by atoms with E-state index in [0.29, 0.717) is 0 Å². The summed E-state index contributed by atoms with van der Waals surface area (Å²) in [5.74, 6) is 0. The highest BCUT2D eigenvalue weighted by molar-refractivity contribution is 4.95. The van der Waals surface area contributed by atoms with Crippen LogP contribution in [0.1, 0.15) is 19.3 Å². The summed E-state index contributed by atoms with van der Waals surface area (Å²) in [4.78, 5) is 0. The second kappa shape index (κ2) is 3.19. The first-order chi connectivity index (χ1) is 4.43. The number of allylic oxidation sites excluding steroid dienone is 1. The number of hydrogen-bond acceptors (Lipinski definition) is 1. The van der Waals surface area contributed by atoms with Crippen LogP contribution in [0.15, 0.2) is 12.2 Å². The van der Waals surface area contributed by atoms with Crippen LogP contribution < -0.4 is 0 Å². The van der Waals surface area contributed by atoms with Gasteiger partial charge in [-0.1, -0.05) is 12.5 Å². The first kappa shape index (κ1) is 6.22. The molecule has 0 aliphatic heterocycles. The second-order valence-corrected chi connectivity index (χ2v) is 2.13. The Morgan fingerprint density at radius 1 is 1.67 bits per heavy atom. The largest absolute Gasteiger partial charge is 0.439 e. The lowest BCUT2D eigenvalue weighted by molar-refractivity contribution is 0.194. The van der Waals surface area contributed by atoms with Crippen molar-refractivity contribution in [1.82, 2.24) is 0 Å². The number of hydrogen-bond donors (Lipinski definition) is 0. The minimum absolute atomic E-state index is 0.184. The quantitative estimate of drug-likeness (QED) is 0.380. The van der Waals surface area contributed by atoms with Gasteiger partial charge in [0.2, 0.25) is 0 Å². The maximum absolute atomic E-state index is 4.95. The normalized spacial score (nSPS) is 25.0. The molecular formula is C8H10O. The maximum atomic E-state index is 4.95.